The molecule has 1 heterocycles. The predicted octanol–water partition coefficient (Wildman–Crippen LogP) is 2.42. The first-order valence-corrected chi connectivity index (χ1v) is 6.62. The number of benzene rings is 2. The van der Waals surface area contributed by atoms with Crippen molar-refractivity contribution in [2.24, 2.45) is 4.99 Å². The fourth-order valence-corrected chi connectivity index (χ4v) is 2.24. The summed E-state index contributed by atoms with van der Waals surface area (Å²) in [6.07, 6.45) is 0. The van der Waals surface area contributed by atoms with Crippen molar-refractivity contribution in [2.75, 3.05) is 11.7 Å². The van der Waals surface area contributed by atoms with Crippen LogP contribution in [0.5, 0.6) is 0 Å². The number of hydrogen-bond donors (Lipinski definition) is 2. The summed E-state index contributed by atoms with van der Waals surface area (Å²) in [4.78, 5) is 15.5. The molecule has 5 heteroatoms. The van der Waals surface area contributed by atoms with Crippen molar-refractivity contribution < 1.29 is 9.90 Å². The van der Waals surface area contributed by atoms with Crippen molar-refractivity contribution in [2.45, 2.75) is 6.92 Å². The smallest absolute Gasteiger partial charge is 0.335 e. The molecule has 2 aromatic rings. The second kappa shape index (κ2) is 5.28. The van der Waals surface area contributed by atoms with E-state index in [0.717, 1.165) is 11.3 Å². The highest BCUT2D eigenvalue weighted by atomic mass is 16.4. The number of carbonyl (C=O) groups is 1. The topological polar surface area (TPSA) is 64.9 Å². The van der Waals surface area contributed by atoms with Gasteiger partial charge in [0.15, 0.2) is 0 Å². The van der Waals surface area contributed by atoms with E-state index in [2.05, 4.69) is 16.5 Å². The van der Waals surface area contributed by atoms with Gasteiger partial charge >= 0.3 is 5.97 Å². The molecule has 0 saturated heterocycles. The van der Waals surface area contributed by atoms with Crippen LogP contribution in [0.4, 0.5) is 5.69 Å². The molecule has 1 aliphatic rings. The molecule has 0 radical (unpaired) electrons. The summed E-state index contributed by atoms with van der Waals surface area (Å²) in [5, 5.41) is 11.0. The minimum absolute atomic E-state index is 0.256. The minimum atomic E-state index is -0.939. The summed E-state index contributed by atoms with van der Waals surface area (Å²) in [7, 11) is 0. The van der Waals surface area contributed by atoms with Crippen LogP contribution in [0.25, 0.3) is 0 Å². The SMILES string of the molecule is Cc1cccc(N2CN=C(c3cccc(C(=O)O)c3)N2)c1. The van der Waals surface area contributed by atoms with E-state index in [-0.39, 0.29) is 5.56 Å². The second-order valence-corrected chi connectivity index (χ2v) is 4.91. The van der Waals surface area contributed by atoms with Crippen LogP contribution < -0.4 is 10.4 Å². The van der Waals surface area contributed by atoms with Gasteiger partial charge in [-0.1, -0.05) is 24.3 Å². The van der Waals surface area contributed by atoms with Gasteiger partial charge in [0.05, 0.1) is 11.3 Å². The lowest BCUT2D eigenvalue weighted by atomic mass is 10.1. The Bertz CT molecular complexity index is 725. The van der Waals surface area contributed by atoms with E-state index in [9.17, 15) is 4.79 Å². The molecule has 0 atom stereocenters. The van der Waals surface area contributed by atoms with E-state index in [1.807, 2.05) is 36.2 Å². The Balaban J connectivity index is 1.81. The van der Waals surface area contributed by atoms with Crippen LogP contribution in [0.3, 0.4) is 0 Å². The summed E-state index contributed by atoms with van der Waals surface area (Å²) >= 11 is 0. The Morgan fingerprint density at radius 2 is 2.05 bits per heavy atom. The van der Waals surface area contributed by atoms with E-state index in [1.165, 1.54) is 5.56 Å². The third kappa shape index (κ3) is 2.72. The molecule has 0 fully saturated rings. The monoisotopic (exact) mass is 281 g/mol. The van der Waals surface area contributed by atoms with Crippen LogP contribution in [0.1, 0.15) is 21.5 Å². The summed E-state index contributed by atoms with van der Waals surface area (Å²) in [6, 6.07) is 14.9. The number of amidine groups is 1. The van der Waals surface area contributed by atoms with Crippen molar-refractivity contribution in [1.82, 2.24) is 5.43 Å². The standard InChI is InChI=1S/C16H15N3O2/c1-11-4-2-7-14(8-11)19-10-17-15(18-19)12-5-3-6-13(9-12)16(20)21/h2-9H,10H2,1H3,(H,17,18)(H,20,21). The first-order valence-electron chi connectivity index (χ1n) is 6.62. The first kappa shape index (κ1) is 13.2. The number of hydrazine groups is 1. The van der Waals surface area contributed by atoms with Crippen LogP contribution in [0, 0.1) is 6.92 Å². The Hall–Kier alpha value is -2.82. The van der Waals surface area contributed by atoms with E-state index in [1.54, 1.807) is 18.2 Å². The fraction of sp³-hybridized carbons (Fsp3) is 0.125. The number of aliphatic imine (C=N–C) groups is 1. The molecule has 2 aromatic carbocycles. The van der Waals surface area contributed by atoms with Gasteiger partial charge in [0.1, 0.15) is 12.5 Å². The molecule has 0 amide bonds. The van der Waals surface area contributed by atoms with Crippen molar-refractivity contribution >= 4 is 17.5 Å². The highest BCUT2D eigenvalue weighted by molar-refractivity contribution is 6.02. The number of aromatic carboxylic acids is 1. The molecule has 0 bridgehead atoms. The molecule has 5 nitrogen and oxygen atoms in total. The lowest BCUT2D eigenvalue weighted by molar-refractivity contribution is 0.0697. The van der Waals surface area contributed by atoms with E-state index in [4.69, 9.17) is 5.11 Å². The quantitative estimate of drug-likeness (QED) is 0.907. The number of carboxylic acids is 1. The molecule has 0 spiro atoms. The molecule has 0 aromatic heterocycles. The maximum absolute atomic E-state index is 11.0. The lowest BCUT2D eigenvalue weighted by Crippen LogP contribution is -2.36. The van der Waals surface area contributed by atoms with E-state index < -0.39 is 5.97 Å². The van der Waals surface area contributed by atoms with Gasteiger partial charge in [0.2, 0.25) is 0 Å². The summed E-state index contributed by atoms with van der Waals surface area (Å²) in [5.74, 6) is -0.259. The highest BCUT2D eigenvalue weighted by Crippen LogP contribution is 2.17. The van der Waals surface area contributed by atoms with Gasteiger partial charge in [0.25, 0.3) is 0 Å². The summed E-state index contributed by atoms with van der Waals surface area (Å²) in [6.45, 7) is 2.54. The fourth-order valence-electron chi connectivity index (χ4n) is 2.24. The predicted molar refractivity (Wildman–Crippen MR) is 81.6 cm³/mol. The average molecular weight is 281 g/mol. The maximum atomic E-state index is 11.0. The average Bonchev–Trinajstić information content (AvgIpc) is 2.97. The Morgan fingerprint density at radius 1 is 1.24 bits per heavy atom. The zero-order valence-electron chi connectivity index (χ0n) is 11.6. The molecular weight excluding hydrogens is 266 g/mol. The Kier molecular flexibility index (Phi) is 3.31. The molecular formula is C16H15N3O2. The van der Waals surface area contributed by atoms with Crippen LogP contribution in [-0.4, -0.2) is 23.6 Å². The number of anilines is 1. The lowest BCUT2D eigenvalue weighted by Gasteiger charge is -2.19. The normalized spacial score (nSPS) is 13.8. The van der Waals surface area contributed by atoms with Gasteiger partial charge in [-0.15, -0.1) is 0 Å². The number of carboxylic acid groups (broad SMARTS) is 1. The van der Waals surface area contributed by atoms with Crippen LogP contribution in [0.15, 0.2) is 53.5 Å². The highest BCUT2D eigenvalue weighted by Gasteiger charge is 2.17. The molecule has 0 unspecified atom stereocenters. The maximum Gasteiger partial charge on any atom is 0.335 e. The van der Waals surface area contributed by atoms with Gasteiger partial charge in [-0.25, -0.2) is 9.79 Å². The van der Waals surface area contributed by atoms with E-state index >= 15 is 0 Å². The van der Waals surface area contributed by atoms with Gasteiger partial charge in [-0.2, -0.15) is 0 Å². The zero-order chi connectivity index (χ0) is 14.8. The Morgan fingerprint density at radius 3 is 2.81 bits per heavy atom. The summed E-state index contributed by atoms with van der Waals surface area (Å²) < 4.78 is 0. The number of nitrogens with one attached hydrogen (secondary N) is 1. The minimum Gasteiger partial charge on any atom is -0.478 e. The Labute approximate surface area is 122 Å². The number of hydrogen-bond acceptors (Lipinski definition) is 4. The van der Waals surface area contributed by atoms with E-state index in [0.29, 0.717) is 12.5 Å². The molecule has 3 rings (SSSR count). The largest absolute Gasteiger partial charge is 0.478 e. The molecule has 21 heavy (non-hydrogen) atoms. The number of rotatable bonds is 3. The van der Waals surface area contributed by atoms with Crippen molar-refractivity contribution in [3.05, 3.63) is 65.2 Å². The molecule has 0 aliphatic carbocycles. The summed E-state index contributed by atoms with van der Waals surface area (Å²) in [5.41, 5.74) is 6.44. The van der Waals surface area contributed by atoms with Gasteiger partial charge in [-0.3, -0.25) is 10.4 Å². The first-order chi connectivity index (χ1) is 10.1. The van der Waals surface area contributed by atoms with Crippen molar-refractivity contribution in [1.29, 1.82) is 0 Å². The molecule has 0 saturated carbocycles. The van der Waals surface area contributed by atoms with Crippen LogP contribution >= 0.6 is 0 Å². The molecule has 1 aliphatic heterocycles. The second-order valence-electron chi connectivity index (χ2n) is 4.91. The van der Waals surface area contributed by atoms with Crippen LogP contribution in [0.2, 0.25) is 0 Å². The molecule has 106 valence electrons. The number of nitrogens with zero attached hydrogens (tertiary/aromatic N) is 2. The van der Waals surface area contributed by atoms with Crippen molar-refractivity contribution in [3.8, 4) is 0 Å². The van der Waals surface area contributed by atoms with Gasteiger partial charge in [0, 0.05) is 5.56 Å². The zero-order valence-corrected chi connectivity index (χ0v) is 11.6. The number of aryl methyl sites for hydroxylation is 1. The van der Waals surface area contributed by atoms with Crippen molar-refractivity contribution in [3.63, 3.8) is 0 Å². The third-order valence-corrected chi connectivity index (χ3v) is 3.31. The van der Waals surface area contributed by atoms with Gasteiger partial charge < -0.3 is 5.11 Å². The third-order valence-electron chi connectivity index (χ3n) is 3.31. The van der Waals surface area contributed by atoms with Crippen LogP contribution in [-0.2, 0) is 0 Å². The molecule has 2 N–H and O–H groups in total. The van der Waals surface area contributed by atoms with Gasteiger partial charge in [-0.05, 0) is 36.8 Å².